The lowest BCUT2D eigenvalue weighted by Gasteiger charge is -1.98. The Morgan fingerprint density at radius 3 is 2.33 bits per heavy atom. The number of aliphatic carboxylic acids is 1. The van der Waals surface area contributed by atoms with E-state index in [4.69, 9.17) is 5.11 Å². The summed E-state index contributed by atoms with van der Waals surface area (Å²) in [4.78, 5) is 10.2. The van der Waals surface area contributed by atoms with Crippen molar-refractivity contribution in [2.75, 3.05) is 0 Å². The van der Waals surface area contributed by atoms with E-state index in [2.05, 4.69) is 26.0 Å². The molecule has 0 radical (unpaired) electrons. The van der Waals surface area contributed by atoms with Gasteiger partial charge in [0.05, 0.1) is 0 Å². The van der Waals surface area contributed by atoms with Gasteiger partial charge in [-0.3, -0.25) is 4.79 Å². The maximum absolute atomic E-state index is 10.2. The molecule has 0 spiro atoms. The van der Waals surface area contributed by atoms with Crippen LogP contribution in [0.25, 0.3) is 0 Å². The summed E-state index contributed by atoms with van der Waals surface area (Å²) in [6.07, 6.45) is 11.5. The molecule has 0 aromatic carbocycles. The first-order valence-corrected chi connectivity index (χ1v) is 6.01. The minimum atomic E-state index is -0.671. The van der Waals surface area contributed by atoms with Crippen molar-refractivity contribution in [2.24, 2.45) is 5.92 Å². The normalized spacial score (nSPS) is 11.4. The van der Waals surface area contributed by atoms with Crippen LogP contribution in [0.1, 0.15) is 58.8 Å². The van der Waals surface area contributed by atoms with Crippen molar-refractivity contribution in [3.05, 3.63) is 12.2 Å². The molecule has 0 saturated heterocycles. The molecule has 1 N–H and O–H groups in total. The lowest BCUT2D eigenvalue weighted by Crippen LogP contribution is -1.93. The van der Waals surface area contributed by atoms with Gasteiger partial charge in [0.1, 0.15) is 0 Å². The highest BCUT2D eigenvalue weighted by Crippen LogP contribution is 2.08. The molecular weight excluding hydrogens is 188 g/mol. The molecule has 88 valence electrons. The number of carbonyl (C=O) groups is 1. The van der Waals surface area contributed by atoms with E-state index in [1.807, 2.05) is 0 Å². The summed E-state index contributed by atoms with van der Waals surface area (Å²) in [7, 11) is 0. The van der Waals surface area contributed by atoms with Crippen LogP contribution in [0, 0.1) is 5.92 Å². The van der Waals surface area contributed by atoms with Crippen LogP contribution in [0.3, 0.4) is 0 Å². The van der Waals surface area contributed by atoms with E-state index in [-0.39, 0.29) is 0 Å². The Bertz CT molecular complexity index is 183. The second-order valence-corrected chi connectivity index (χ2v) is 4.37. The van der Waals surface area contributed by atoms with Crippen LogP contribution < -0.4 is 0 Å². The van der Waals surface area contributed by atoms with E-state index in [0.717, 1.165) is 19.3 Å². The molecule has 0 saturated carbocycles. The maximum Gasteiger partial charge on any atom is 0.303 e. The summed E-state index contributed by atoms with van der Waals surface area (Å²) in [5.74, 6) is -0.0181. The number of hydrogen-bond acceptors (Lipinski definition) is 1. The van der Waals surface area contributed by atoms with E-state index < -0.39 is 5.97 Å². The molecule has 0 unspecified atom stereocenters. The molecule has 0 aromatic heterocycles. The molecular formula is C13H24O2. The minimum absolute atomic E-state index is 0.327. The summed E-state index contributed by atoms with van der Waals surface area (Å²) >= 11 is 0. The zero-order valence-electron chi connectivity index (χ0n) is 10.0. The molecule has 0 aliphatic rings. The van der Waals surface area contributed by atoms with Gasteiger partial charge in [-0.25, -0.2) is 0 Å². The van der Waals surface area contributed by atoms with Crippen LogP contribution in [0.2, 0.25) is 0 Å². The lowest BCUT2D eigenvalue weighted by molar-refractivity contribution is -0.137. The lowest BCUT2D eigenvalue weighted by atomic mass is 10.1. The number of allylic oxidation sites excluding steroid dienone is 2. The number of rotatable bonds is 9. The molecule has 0 fully saturated rings. The van der Waals surface area contributed by atoms with Gasteiger partial charge in [0.25, 0.3) is 0 Å². The first-order chi connectivity index (χ1) is 7.13. The highest BCUT2D eigenvalue weighted by atomic mass is 16.4. The van der Waals surface area contributed by atoms with Crippen molar-refractivity contribution in [2.45, 2.75) is 58.8 Å². The number of carboxylic acid groups (broad SMARTS) is 1. The van der Waals surface area contributed by atoms with Crippen LogP contribution in [-0.4, -0.2) is 11.1 Å². The van der Waals surface area contributed by atoms with Gasteiger partial charge in [-0.2, -0.15) is 0 Å². The Kier molecular flexibility index (Phi) is 9.24. The topological polar surface area (TPSA) is 37.3 Å². The van der Waals surface area contributed by atoms with Crippen molar-refractivity contribution in [3.8, 4) is 0 Å². The van der Waals surface area contributed by atoms with Crippen LogP contribution in [0.15, 0.2) is 12.2 Å². The first kappa shape index (κ1) is 14.2. The third-order valence-corrected chi connectivity index (χ3v) is 2.28. The van der Waals surface area contributed by atoms with Gasteiger partial charge in [-0.15, -0.1) is 0 Å². The molecule has 0 amide bonds. The molecule has 0 aliphatic heterocycles. The molecule has 0 aromatic rings. The van der Waals surface area contributed by atoms with Gasteiger partial charge in [0, 0.05) is 6.42 Å². The van der Waals surface area contributed by atoms with Gasteiger partial charge < -0.3 is 5.11 Å². The SMILES string of the molecule is CC(C)/C=C/CCCCCCCC(=O)O. The molecule has 15 heavy (non-hydrogen) atoms. The molecule has 0 heterocycles. The molecule has 0 rings (SSSR count). The Morgan fingerprint density at radius 2 is 1.73 bits per heavy atom. The van der Waals surface area contributed by atoms with Gasteiger partial charge in [-0.1, -0.05) is 45.3 Å². The van der Waals surface area contributed by atoms with Crippen LogP contribution in [-0.2, 0) is 4.79 Å². The largest absolute Gasteiger partial charge is 0.481 e. The summed E-state index contributed by atoms with van der Waals surface area (Å²) < 4.78 is 0. The Hall–Kier alpha value is -0.790. The number of unbranched alkanes of at least 4 members (excludes halogenated alkanes) is 5. The van der Waals surface area contributed by atoms with E-state index in [0.29, 0.717) is 12.3 Å². The number of carboxylic acids is 1. The predicted molar refractivity (Wildman–Crippen MR) is 63.9 cm³/mol. The van der Waals surface area contributed by atoms with Crippen molar-refractivity contribution in [1.82, 2.24) is 0 Å². The van der Waals surface area contributed by atoms with Crippen molar-refractivity contribution >= 4 is 5.97 Å². The third-order valence-electron chi connectivity index (χ3n) is 2.28. The average Bonchev–Trinajstić information content (AvgIpc) is 2.14. The van der Waals surface area contributed by atoms with Crippen LogP contribution in [0.5, 0.6) is 0 Å². The fourth-order valence-corrected chi connectivity index (χ4v) is 1.44. The second kappa shape index (κ2) is 9.75. The number of hydrogen-bond donors (Lipinski definition) is 1. The smallest absolute Gasteiger partial charge is 0.303 e. The van der Waals surface area contributed by atoms with Gasteiger partial charge in [-0.05, 0) is 25.2 Å². The van der Waals surface area contributed by atoms with Crippen molar-refractivity contribution in [3.63, 3.8) is 0 Å². The molecule has 0 atom stereocenters. The summed E-state index contributed by atoms with van der Waals surface area (Å²) in [5.41, 5.74) is 0. The monoisotopic (exact) mass is 212 g/mol. The highest BCUT2D eigenvalue weighted by molar-refractivity contribution is 5.66. The van der Waals surface area contributed by atoms with Crippen molar-refractivity contribution in [1.29, 1.82) is 0 Å². The van der Waals surface area contributed by atoms with E-state index in [1.54, 1.807) is 0 Å². The van der Waals surface area contributed by atoms with Crippen molar-refractivity contribution < 1.29 is 9.90 Å². The Morgan fingerprint density at radius 1 is 1.13 bits per heavy atom. The van der Waals surface area contributed by atoms with E-state index in [9.17, 15) is 4.79 Å². The fourth-order valence-electron chi connectivity index (χ4n) is 1.44. The quantitative estimate of drug-likeness (QED) is 0.463. The zero-order chi connectivity index (χ0) is 11.5. The molecule has 0 bridgehead atoms. The van der Waals surface area contributed by atoms with Crippen LogP contribution in [0.4, 0.5) is 0 Å². The maximum atomic E-state index is 10.2. The minimum Gasteiger partial charge on any atom is -0.481 e. The van der Waals surface area contributed by atoms with E-state index >= 15 is 0 Å². The van der Waals surface area contributed by atoms with Gasteiger partial charge >= 0.3 is 5.97 Å². The predicted octanol–water partition coefficient (Wildman–Crippen LogP) is 4.01. The Balaban J connectivity index is 3.08. The zero-order valence-corrected chi connectivity index (χ0v) is 10.0. The van der Waals surface area contributed by atoms with Gasteiger partial charge in [0.15, 0.2) is 0 Å². The summed E-state index contributed by atoms with van der Waals surface area (Å²) in [6.45, 7) is 4.37. The van der Waals surface area contributed by atoms with E-state index in [1.165, 1.54) is 19.3 Å². The average molecular weight is 212 g/mol. The Labute approximate surface area is 93.4 Å². The van der Waals surface area contributed by atoms with Gasteiger partial charge in [0.2, 0.25) is 0 Å². The molecule has 0 aliphatic carbocycles. The van der Waals surface area contributed by atoms with Crippen LogP contribution >= 0.6 is 0 Å². The summed E-state index contributed by atoms with van der Waals surface area (Å²) in [6, 6.07) is 0. The fraction of sp³-hybridized carbons (Fsp3) is 0.769. The summed E-state index contributed by atoms with van der Waals surface area (Å²) in [5, 5.41) is 8.43. The molecule has 2 heteroatoms. The highest BCUT2D eigenvalue weighted by Gasteiger charge is 1.95. The molecule has 2 nitrogen and oxygen atoms in total. The first-order valence-electron chi connectivity index (χ1n) is 6.01. The standard InChI is InChI=1S/C13H24O2/c1-12(2)10-8-6-4-3-5-7-9-11-13(14)15/h8,10,12H,3-7,9,11H2,1-2H3,(H,14,15)/b10-8+. The second-order valence-electron chi connectivity index (χ2n) is 4.37. The third kappa shape index (κ3) is 13.2.